The van der Waals surface area contributed by atoms with Gasteiger partial charge in [0, 0.05) is 10.5 Å². The van der Waals surface area contributed by atoms with E-state index < -0.39 is 17.2 Å². The molecule has 1 aromatic heterocycles. The van der Waals surface area contributed by atoms with Crippen molar-refractivity contribution in [1.82, 2.24) is 15.5 Å². The molecule has 6 nitrogen and oxygen atoms in total. The van der Waals surface area contributed by atoms with Gasteiger partial charge in [-0.1, -0.05) is 11.2 Å². The molecule has 0 unspecified atom stereocenters. The number of aromatic amines is 1. The van der Waals surface area contributed by atoms with E-state index in [0.29, 0.717) is 0 Å². The van der Waals surface area contributed by atoms with Gasteiger partial charge in [0.1, 0.15) is 0 Å². The topological polar surface area (TPSA) is 88.0 Å². The molecule has 0 aliphatic heterocycles. The quantitative estimate of drug-likeness (QED) is 0.841. The summed E-state index contributed by atoms with van der Waals surface area (Å²) >= 11 is -0.305. The molecule has 0 saturated heterocycles. The van der Waals surface area contributed by atoms with E-state index in [1.807, 2.05) is 0 Å². The summed E-state index contributed by atoms with van der Waals surface area (Å²) < 4.78 is 41.0. The first-order valence-corrected chi connectivity index (χ1v) is 6.34. The molecule has 0 radical (unpaired) electrons. The predicted octanol–water partition coefficient (Wildman–Crippen LogP) is 1.90. The van der Waals surface area contributed by atoms with E-state index in [4.69, 9.17) is 0 Å². The summed E-state index contributed by atoms with van der Waals surface area (Å²) in [6.07, 6.45) is 0. The molecule has 0 saturated carbocycles. The highest BCUT2D eigenvalue weighted by atomic mass is 32.2. The van der Waals surface area contributed by atoms with Gasteiger partial charge >= 0.3 is 11.3 Å². The molecule has 0 aliphatic rings. The molecule has 1 amide bonds. The predicted molar refractivity (Wildman–Crippen MR) is 66.6 cm³/mol. The van der Waals surface area contributed by atoms with Gasteiger partial charge < -0.3 is 5.32 Å². The number of amides is 1. The van der Waals surface area contributed by atoms with Gasteiger partial charge in [0.15, 0.2) is 5.82 Å². The second-order valence-electron chi connectivity index (χ2n) is 3.80. The first kappa shape index (κ1) is 15.2. The highest BCUT2D eigenvalue weighted by molar-refractivity contribution is 8.00. The lowest BCUT2D eigenvalue weighted by Gasteiger charge is -2.07. The van der Waals surface area contributed by atoms with E-state index >= 15 is 0 Å². The fraction of sp³-hybridized carbons (Fsp3) is 0.182. The van der Waals surface area contributed by atoms with E-state index in [0.717, 1.165) is 6.07 Å². The molecule has 2 aromatic rings. The summed E-state index contributed by atoms with van der Waals surface area (Å²) in [6.45, 7) is -0.110. The first-order valence-electron chi connectivity index (χ1n) is 5.52. The van der Waals surface area contributed by atoms with Gasteiger partial charge in [0.25, 0.3) is 5.91 Å². The molecule has 2 N–H and O–H groups in total. The number of H-pyrrole nitrogens is 1. The minimum absolute atomic E-state index is 0.0649. The van der Waals surface area contributed by atoms with Crippen LogP contribution in [-0.4, -0.2) is 21.6 Å². The Morgan fingerprint density at radius 1 is 1.43 bits per heavy atom. The van der Waals surface area contributed by atoms with Crippen LogP contribution in [0.4, 0.5) is 13.2 Å². The zero-order valence-corrected chi connectivity index (χ0v) is 11.0. The number of hydrogen-bond acceptors (Lipinski definition) is 5. The molecule has 0 aliphatic carbocycles. The summed E-state index contributed by atoms with van der Waals surface area (Å²) in [5, 5.41) is 5.73. The number of rotatable bonds is 4. The third-order valence-corrected chi connectivity index (χ3v) is 2.95. The Morgan fingerprint density at radius 2 is 2.19 bits per heavy atom. The van der Waals surface area contributed by atoms with Crippen LogP contribution in [0.1, 0.15) is 16.2 Å². The van der Waals surface area contributed by atoms with Crippen LogP contribution in [0.3, 0.4) is 0 Å². The van der Waals surface area contributed by atoms with Crippen LogP contribution in [0, 0.1) is 0 Å². The van der Waals surface area contributed by atoms with Crippen molar-refractivity contribution in [3.05, 3.63) is 46.2 Å². The standard InChI is InChI=1S/C11H8F3N3O3S/c12-11(13,14)21-7-3-1-2-6(4-7)9(18)15-5-8-16-10(19)20-17-8/h1-4H,5H2,(H,15,18)(H,16,17,19). The summed E-state index contributed by atoms with van der Waals surface area (Å²) in [5.41, 5.74) is -4.36. The van der Waals surface area contributed by atoms with Crippen LogP contribution < -0.4 is 11.1 Å². The van der Waals surface area contributed by atoms with Gasteiger partial charge in [-0.3, -0.25) is 14.3 Å². The largest absolute Gasteiger partial charge is 0.446 e. The fourth-order valence-corrected chi connectivity index (χ4v) is 2.04. The van der Waals surface area contributed by atoms with Crippen LogP contribution in [0.25, 0.3) is 0 Å². The van der Waals surface area contributed by atoms with E-state index in [1.54, 1.807) is 0 Å². The molecular formula is C11H8F3N3O3S. The molecular weight excluding hydrogens is 311 g/mol. The molecule has 1 heterocycles. The maximum absolute atomic E-state index is 12.3. The number of alkyl halides is 3. The lowest BCUT2D eigenvalue weighted by Crippen LogP contribution is -2.23. The number of nitrogens with one attached hydrogen (secondary N) is 2. The number of nitrogens with zero attached hydrogens (tertiary/aromatic N) is 1. The lowest BCUT2D eigenvalue weighted by molar-refractivity contribution is -0.0328. The molecule has 0 spiro atoms. The van der Waals surface area contributed by atoms with Crippen LogP contribution in [-0.2, 0) is 6.54 Å². The number of aromatic nitrogens is 2. The number of halogens is 3. The van der Waals surface area contributed by atoms with Crippen molar-refractivity contribution in [2.75, 3.05) is 0 Å². The summed E-state index contributed by atoms with van der Waals surface area (Å²) in [5.74, 6) is -1.25. The van der Waals surface area contributed by atoms with Crippen molar-refractivity contribution < 1.29 is 22.5 Å². The van der Waals surface area contributed by atoms with Gasteiger partial charge in [0.2, 0.25) is 0 Å². The second-order valence-corrected chi connectivity index (χ2v) is 4.94. The normalized spacial score (nSPS) is 11.4. The monoisotopic (exact) mass is 319 g/mol. The van der Waals surface area contributed by atoms with Crippen molar-refractivity contribution in [2.24, 2.45) is 0 Å². The first-order chi connectivity index (χ1) is 9.83. The minimum atomic E-state index is -4.42. The number of hydrogen-bond donors (Lipinski definition) is 2. The zero-order chi connectivity index (χ0) is 15.5. The number of carbonyl (C=O) groups excluding carboxylic acids is 1. The Morgan fingerprint density at radius 3 is 2.81 bits per heavy atom. The Labute approximate surface area is 119 Å². The highest BCUT2D eigenvalue weighted by Crippen LogP contribution is 2.36. The van der Waals surface area contributed by atoms with Gasteiger partial charge in [-0.15, -0.1) is 0 Å². The zero-order valence-electron chi connectivity index (χ0n) is 10.2. The highest BCUT2D eigenvalue weighted by Gasteiger charge is 2.29. The summed E-state index contributed by atoms with van der Waals surface area (Å²) in [4.78, 5) is 24.6. The number of carbonyl (C=O) groups is 1. The summed E-state index contributed by atoms with van der Waals surface area (Å²) in [7, 11) is 0. The smallest absolute Gasteiger partial charge is 0.345 e. The fourth-order valence-electron chi connectivity index (χ4n) is 1.44. The van der Waals surface area contributed by atoms with Gasteiger partial charge in [-0.25, -0.2) is 4.79 Å². The Balaban J connectivity index is 2.02. The van der Waals surface area contributed by atoms with Crippen molar-refractivity contribution in [3.8, 4) is 0 Å². The van der Waals surface area contributed by atoms with Crippen LogP contribution in [0.5, 0.6) is 0 Å². The SMILES string of the molecule is O=C(NCc1noc(=O)[nH]1)c1cccc(SC(F)(F)F)c1. The van der Waals surface area contributed by atoms with E-state index in [1.165, 1.54) is 18.2 Å². The van der Waals surface area contributed by atoms with Crippen molar-refractivity contribution in [1.29, 1.82) is 0 Å². The van der Waals surface area contributed by atoms with Gasteiger partial charge in [0.05, 0.1) is 6.54 Å². The van der Waals surface area contributed by atoms with Crippen molar-refractivity contribution >= 4 is 17.7 Å². The third kappa shape index (κ3) is 4.67. The van der Waals surface area contributed by atoms with E-state index in [2.05, 4.69) is 20.0 Å². The molecule has 2 rings (SSSR count). The van der Waals surface area contributed by atoms with E-state index in [-0.39, 0.29) is 34.6 Å². The van der Waals surface area contributed by atoms with Crippen molar-refractivity contribution in [3.63, 3.8) is 0 Å². The molecule has 1 aromatic carbocycles. The molecule has 112 valence electrons. The Bertz CT molecular complexity index is 696. The average Bonchev–Trinajstić information content (AvgIpc) is 2.80. The average molecular weight is 319 g/mol. The second kappa shape index (κ2) is 6.04. The third-order valence-electron chi connectivity index (χ3n) is 2.23. The number of thioether (sulfide) groups is 1. The molecule has 0 fully saturated rings. The minimum Gasteiger partial charge on any atom is -0.345 e. The Hall–Kier alpha value is -2.23. The van der Waals surface area contributed by atoms with Crippen LogP contribution in [0.15, 0.2) is 38.5 Å². The number of benzene rings is 1. The van der Waals surface area contributed by atoms with Crippen LogP contribution >= 0.6 is 11.8 Å². The molecule has 0 bridgehead atoms. The van der Waals surface area contributed by atoms with Crippen molar-refractivity contribution in [2.45, 2.75) is 16.9 Å². The maximum atomic E-state index is 12.3. The molecule has 10 heteroatoms. The van der Waals surface area contributed by atoms with Gasteiger partial charge in [-0.05, 0) is 30.0 Å². The van der Waals surface area contributed by atoms with E-state index in [9.17, 15) is 22.8 Å². The Kier molecular flexibility index (Phi) is 4.36. The lowest BCUT2D eigenvalue weighted by atomic mass is 10.2. The maximum Gasteiger partial charge on any atom is 0.446 e. The van der Waals surface area contributed by atoms with Crippen LogP contribution in [0.2, 0.25) is 0 Å². The summed E-state index contributed by atoms with van der Waals surface area (Å²) in [6, 6.07) is 5.10. The molecule has 0 atom stereocenters. The van der Waals surface area contributed by atoms with Gasteiger partial charge in [-0.2, -0.15) is 13.2 Å². The molecule has 21 heavy (non-hydrogen) atoms.